The second kappa shape index (κ2) is 4.08. The number of aliphatic hydroxyl groups excluding tert-OH is 1. The summed E-state index contributed by atoms with van der Waals surface area (Å²) >= 11 is 0. The Morgan fingerprint density at radius 3 is 2.78 bits per heavy atom. The molecular formula is C4H9FN2O2. The summed E-state index contributed by atoms with van der Waals surface area (Å²) in [6.45, 7) is -0.827. The third-order valence-electron chi connectivity index (χ3n) is 0.696. The lowest BCUT2D eigenvalue weighted by Crippen LogP contribution is -2.35. The maximum Gasteiger partial charge on any atom is 0.312 e. The number of carbonyl (C=O) groups excluding carboxylic acids is 1. The van der Waals surface area contributed by atoms with Crippen molar-refractivity contribution < 1.29 is 14.3 Å². The highest BCUT2D eigenvalue weighted by molar-refractivity contribution is 5.71. The summed E-state index contributed by atoms with van der Waals surface area (Å²) in [4.78, 5) is 9.88. The molecule has 4 nitrogen and oxygen atoms in total. The van der Waals surface area contributed by atoms with Gasteiger partial charge in [-0.3, -0.25) is 0 Å². The van der Waals surface area contributed by atoms with E-state index in [0.29, 0.717) is 0 Å². The molecular weight excluding hydrogens is 127 g/mol. The molecule has 0 aromatic rings. The molecule has 5 heteroatoms. The molecule has 9 heavy (non-hydrogen) atoms. The number of alkyl halides is 1. The molecule has 0 rings (SSSR count). The van der Waals surface area contributed by atoms with Crippen LogP contribution in [0, 0.1) is 0 Å². The zero-order valence-electron chi connectivity index (χ0n) is 4.80. The van der Waals surface area contributed by atoms with Gasteiger partial charge in [0.25, 0.3) is 0 Å². The van der Waals surface area contributed by atoms with Gasteiger partial charge in [0.1, 0.15) is 6.17 Å². The van der Waals surface area contributed by atoms with Gasteiger partial charge in [0.2, 0.25) is 0 Å². The minimum atomic E-state index is -1.42. The van der Waals surface area contributed by atoms with Crippen LogP contribution in [0.15, 0.2) is 0 Å². The molecule has 0 aliphatic rings. The second-order valence-electron chi connectivity index (χ2n) is 1.53. The standard InChI is InChI=1S/C4H9FN2O2/c5-3(2-8)1-7-4(6)9/h3,8H,1-2H2,(H3,6,7,9). The monoisotopic (exact) mass is 136 g/mol. The van der Waals surface area contributed by atoms with E-state index in [2.05, 4.69) is 5.73 Å². The van der Waals surface area contributed by atoms with Crippen molar-refractivity contribution in [2.45, 2.75) is 6.17 Å². The fourth-order valence-corrected chi connectivity index (χ4v) is 0.276. The fourth-order valence-electron chi connectivity index (χ4n) is 0.276. The molecule has 0 radical (unpaired) electrons. The van der Waals surface area contributed by atoms with E-state index < -0.39 is 18.8 Å². The maximum absolute atomic E-state index is 12.0. The normalized spacial score (nSPS) is 12.7. The average molecular weight is 136 g/mol. The van der Waals surface area contributed by atoms with Crippen LogP contribution in [0.4, 0.5) is 9.18 Å². The first-order valence-corrected chi connectivity index (χ1v) is 2.45. The van der Waals surface area contributed by atoms with Gasteiger partial charge in [-0.2, -0.15) is 0 Å². The highest BCUT2D eigenvalue weighted by atomic mass is 19.1. The smallest absolute Gasteiger partial charge is 0.312 e. The first kappa shape index (κ1) is 8.16. The van der Waals surface area contributed by atoms with Crippen molar-refractivity contribution in [3.8, 4) is 0 Å². The van der Waals surface area contributed by atoms with Gasteiger partial charge in [0.15, 0.2) is 0 Å². The molecule has 0 aliphatic carbocycles. The Kier molecular flexibility index (Phi) is 3.70. The third-order valence-corrected chi connectivity index (χ3v) is 0.696. The van der Waals surface area contributed by atoms with Crippen molar-refractivity contribution in [3.05, 3.63) is 0 Å². The van der Waals surface area contributed by atoms with Crippen molar-refractivity contribution in [2.75, 3.05) is 13.2 Å². The van der Waals surface area contributed by atoms with Crippen molar-refractivity contribution in [2.24, 2.45) is 5.73 Å². The Morgan fingerprint density at radius 1 is 1.89 bits per heavy atom. The number of nitrogens with one attached hydrogen (secondary N) is 1. The van der Waals surface area contributed by atoms with Crippen LogP contribution in [0.25, 0.3) is 0 Å². The van der Waals surface area contributed by atoms with Crippen LogP contribution in [0.3, 0.4) is 0 Å². The summed E-state index contributed by atoms with van der Waals surface area (Å²) in [5, 5.41) is 10.1. The van der Waals surface area contributed by atoms with Crippen LogP contribution >= 0.6 is 0 Å². The van der Waals surface area contributed by atoms with Crippen LogP contribution in [-0.4, -0.2) is 30.5 Å². The fraction of sp³-hybridized carbons (Fsp3) is 0.750. The molecule has 1 unspecified atom stereocenters. The van der Waals surface area contributed by atoms with E-state index in [-0.39, 0.29) is 6.54 Å². The van der Waals surface area contributed by atoms with E-state index >= 15 is 0 Å². The van der Waals surface area contributed by atoms with Gasteiger partial charge in [0.05, 0.1) is 13.2 Å². The van der Waals surface area contributed by atoms with Crippen molar-refractivity contribution in [3.63, 3.8) is 0 Å². The van der Waals surface area contributed by atoms with Crippen LogP contribution in [-0.2, 0) is 0 Å². The topological polar surface area (TPSA) is 75.4 Å². The first-order chi connectivity index (χ1) is 4.16. The number of primary amides is 1. The SMILES string of the molecule is NC(=O)NCC(F)CO. The molecule has 4 N–H and O–H groups in total. The number of amides is 2. The molecule has 54 valence electrons. The lowest BCUT2D eigenvalue weighted by Gasteiger charge is -2.02. The summed E-state index contributed by atoms with van der Waals surface area (Å²) in [5.41, 5.74) is 4.60. The molecule has 0 heterocycles. The van der Waals surface area contributed by atoms with E-state index in [9.17, 15) is 9.18 Å². The predicted octanol–water partition coefficient (Wildman–Crippen LogP) is -1.01. The molecule has 2 amide bonds. The number of urea groups is 1. The Bertz CT molecular complexity index is 98.6. The molecule has 0 fully saturated rings. The number of rotatable bonds is 3. The van der Waals surface area contributed by atoms with E-state index in [4.69, 9.17) is 5.11 Å². The van der Waals surface area contributed by atoms with E-state index in [1.807, 2.05) is 5.32 Å². The Balaban J connectivity index is 3.16. The molecule has 0 spiro atoms. The number of nitrogens with two attached hydrogens (primary N) is 1. The van der Waals surface area contributed by atoms with E-state index in [0.717, 1.165) is 0 Å². The predicted molar refractivity (Wildman–Crippen MR) is 29.6 cm³/mol. The summed E-state index contributed by atoms with van der Waals surface area (Å²) in [6.07, 6.45) is -1.42. The summed E-state index contributed by atoms with van der Waals surface area (Å²) < 4.78 is 12.0. The number of halogens is 1. The third kappa shape index (κ3) is 5.02. The maximum atomic E-state index is 12.0. The Labute approximate surface area is 51.8 Å². The largest absolute Gasteiger partial charge is 0.393 e. The van der Waals surface area contributed by atoms with Crippen LogP contribution in [0.2, 0.25) is 0 Å². The Hall–Kier alpha value is -0.840. The summed E-state index contributed by atoms with van der Waals surface area (Å²) in [7, 11) is 0. The number of carbonyl (C=O) groups is 1. The first-order valence-electron chi connectivity index (χ1n) is 2.45. The van der Waals surface area contributed by atoms with Gasteiger partial charge in [-0.1, -0.05) is 0 Å². The van der Waals surface area contributed by atoms with Crippen LogP contribution in [0.5, 0.6) is 0 Å². The van der Waals surface area contributed by atoms with Gasteiger partial charge in [-0.05, 0) is 0 Å². The molecule has 0 aromatic carbocycles. The van der Waals surface area contributed by atoms with Gasteiger partial charge in [-0.15, -0.1) is 0 Å². The second-order valence-corrected chi connectivity index (χ2v) is 1.53. The highest BCUT2D eigenvalue weighted by Gasteiger charge is 2.03. The van der Waals surface area contributed by atoms with Crippen LogP contribution in [0.1, 0.15) is 0 Å². The van der Waals surface area contributed by atoms with E-state index in [1.165, 1.54) is 0 Å². The number of hydrogen-bond donors (Lipinski definition) is 3. The highest BCUT2D eigenvalue weighted by Crippen LogP contribution is 1.83. The molecule has 0 saturated heterocycles. The lowest BCUT2D eigenvalue weighted by atomic mass is 10.4. The zero-order chi connectivity index (χ0) is 7.28. The van der Waals surface area contributed by atoms with Crippen LogP contribution < -0.4 is 11.1 Å². The lowest BCUT2D eigenvalue weighted by molar-refractivity contribution is 0.175. The van der Waals surface area contributed by atoms with Gasteiger partial charge in [0, 0.05) is 0 Å². The quantitative estimate of drug-likeness (QED) is 0.464. The molecule has 0 aliphatic heterocycles. The molecule has 0 aromatic heterocycles. The van der Waals surface area contributed by atoms with Gasteiger partial charge in [-0.25, -0.2) is 9.18 Å². The van der Waals surface area contributed by atoms with Gasteiger partial charge < -0.3 is 16.2 Å². The Morgan fingerprint density at radius 2 is 2.44 bits per heavy atom. The zero-order valence-corrected chi connectivity index (χ0v) is 4.80. The minimum Gasteiger partial charge on any atom is -0.393 e. The van der Waals surface area contributed by atoms with Crippen molar-refractivity contribution >= 4 is 6.03 Å². The van der Waals surface area contributed by atoms with E-state index in [1.54, 1.807) is 0 Å². The summed E-state index contributed by atoms with van der Waals surface area (Å²) in [5.74, 6) is 0. The van der Waals surface area contributed by atoms with Crippen molar-refractivity contribution in [1.82, 2.24) is 5.32 Å². The molecule has 0 bridgehead atoms. The van der Waals surface area contributed by atoms with Gasteiger partial charge >= 0.3 is 6.03 Å². The average Bonchev–Trinajstić information content (AvgIpc) is 1.83. The summed E-state index contributed by atoms with van der Waals surface area (Å²) in [6, 6.07) is -0.786. The molecule has 0 saturated carbocycles. The number of hydrogen-bond acceptors (Lipinski definition) is 2. The number of aliphatic hydroxyl groups is 1. The molecule has 1 atom stereocenters. The van der Waals surface area contributed by atoms with Crippen molar-refractivity contribution in [1.29, 1.82) is 0 Å². The minimum absolute atomic E-state index is 0.230.